The van der Waals surface area contributed by atoms with E-state index in [0.717, 1.165) is 49.8 Å². The summed E-state index contributed by atoms with van der Waals surface area (Å²) in [6, 6.07) is 0.756. The van der Waals surface area contributed by atoms with Crippen molar-refractivity contribution in [2.45, 2.75) is 64.1 Å². The van der Waals surface area contributed by atoms with E-state index in [1.807, 2.05) is 0 Å². The molecule has 1 aliphatic carbocycles. The lowest BCUT2D eigenvalue weighted by Gasteiger charge is -2.21. The predicted octanol–water partition coefficient (Wildman–Crippen LogP) is 2.72. The SMILES string of the molecule is CCNC(C(=O)O)C(O)C(N)=O.CCO.O=C(Nc1cn(C2CCCCC2)nc1-c1nc(F)ccc1F)c1csc(-c2cn[nH]c2)n1. The van der Waals surface area contributed by atoms with Gasteiger partial charge in [0.05, 0.1) is 17.9 Å². The number of carbonyl (C=O) groups is 3. The molecule has 4 aromatic rings. The molecule has 1 fully saturated rings. The van der Waals surface area contributed by atoms with Crippen LogP contribution < -0.4 is 16.4 Å². The Labute approximate surface area is 272 Å². The first-order valence-electron chi connectivity index (χ1n) is 14.7. The van der Waals surface area contributed by atoms with Crippen LogP contribution in [-0.2, 0) is 9.59 Å². The van der Waals surface area contributed by atoms with Gasteiger partial charge in [-0.1, -0.05) is 26.2 Å². The lowest BCUT2D eigenvalue weighted by molar-refractivity contribution is -0.146. The Morgan fingerprint density at radius 3 is 2.45 bits per heavy atom. The Morgan fingerprint density at radius 2 is 1.85 bits per heavy atom. The van der Waals surface area contributed by atoms with Crippen molar-refractivity contribution in [3.63, 3.8) is 0 Å². The van der Waals surface area contributed by atoms with Crippen molar-refractivity contribution in [2.24, 2.45) is 5.73 Å². The number of nitrogens with one attached hydrogen (secondary N) is 3. The number of aliphatic hydroxyl groups excluding tert-OH is 2. The molecule has 1 aliphatic rings. The number of nitrogens with two attached hydrogens (primary N) is 1. The highest BCUT2D eigenvalue weighted by atomic mass is 32.1. The highest BCUT2D eigenvalue weighted by Crippen LogP contribution is 2.33. The number of carbonyl (C=O) groups excluding carboxylic acids is 2. The first kappa shape index (κ1) is 36.8. The molecule has 4 aromatic heterocycles. The average Bonchev–Trinajstić information content (AvgIpc) is 3.83. The Bertz CT molecular complexity index is 1610. The van der Waals surface area contributed by atoms with Crippen molar-refractivity contribution < 1.29 is 38.5 Å². The molecule has 1 saturated carbocycles. The second kappa shape index (κ2) is 17.9. The highest BCUT2D eigenvalue weighted by Gasteiger charge is 2.29. The van der Waals surface area contributed by atoms with Crippen LogP contribution in [0.4, 0.5) is 14.5 Å². The van der Waals surface area contributed by atoms with Gasteiger partial charge < -0.3 is 31.7 Å². The molecule has 0 radical (unpaired) electrons. The number of nitrogens with zero attached hydrogens (tertiary/aromatic N) is 5. The first-order valence-corrected chi connectivity index (χ1v) is 15.6. The van der Waals surface area contributed by atoms with Gasteiger partial charge in [-0.25, -0.2) is 14.4 Å². The Morgan fingerprint density at radius 1 is 1.15 bits per heavy atom. The minimum absolute atomic E-state index is 0.0891. The van der Waals surface area contributed by atoms with E-state index >= 15 is 0 Å². The van der Waals surface area contributed by atoms with Crippen molar-refractivity contribution >= 4 is 34.8 Å². The van der Waals surface area contributed by atoms with Crippen LogP contribution in [0, 0.1) is 11.8 Å². The number of aromatic amines is 1. The van der Waals surface area contributed by atoms with Gasteiger partial charge in [0.15, 0.2) is 11.9 Å². The summed E-state index contributed by atoms with van der Waals surface area (Å²) in [5.74, 6) is -4.37. The fourth-order valence-corrected chi connectivity index (χ4v) is 5.34. The third kappa shape index (κ3) is 10.2. The monoisotopic (exact) mass is 677 g/mol. The number of aliphatic hydroxyl groups is 2. The smallest absolute Gasteiger partial charge is 0.323 e. The van der Waals surface area contributed by atoms with Gasteiger partial charge in [-0.15, -0.1) is 11.3 Å². The highest BCUT2D eigenvalue weighted by molar-refractivity contribution is 7.13. The van der Waals surface area contributed by atoms with Crippen LogP contribution in [-0.4, -0.2) is 88.3 Å². The van der Waals surface area contributed by atoms with E-state index in [1.165, 1.54) is 11.3 Å². The molecule has 0 spiro atoms. The minimum atomic E-state index is -1.69. The standard InChI is InChI=1S/C21H19F2N7OS.C6H12N2O4.C2H6O/c22-14-6-7-17(23)28-18(14)19-15(10-30(29-19)13-4-2-1-3-5-13)26-20(31)16-11-32-21(27-16)12-8-24-25-9-12;1-2-8-3(6(11)12)4(9)5(7)10;1-2-3/h6-11,13H,1-5H2,(H,24,25)(H,26,31);3-4,8-9H,2H2,1H3,(H2,7,10)(H,11,12);3H,2H2,1H3. The number of likely N-dealkylation sites (N-methyl/N-ethyl adjacent to an activating group) is 1. The number of thiazole rings is 1. The number of hydrogen-bond donors (Lipinski definition) is 7. The zero-order chi connectivity index (χ0) is 34.5. The molecule has 47 heavy (non-hydrogen) atoms. The molecule has 2 amide bonds. The number of anilines is 1. The maximum absolute atomic E-state index is 14.5. The second-order valence-corrected chi connectivity index (χ2v) is 11.0. The quantitative estimate of drug-likeness (QED) is 0.121. The number of carboxylic acid groups (broad SMARTS) is 1. The molecule has 18 heteroatoms. The largest absolute Gasteiger partial charge is 0.480 e. The summed E-state index contributed by atoms with van der Waals surface area (Å²) in [6.45, 7) is 3.92. The van der Waals surface area contributed by atoms with Gasteiger partial charge in [-0.2, -0.15) is 14.6 Å². The fraction of sp³-hybridized carbons (Fsp3) is 0.414. The second-order valence-electron chi connectivity index (χ2n) is 10.1. The van der Waals surface area contributed by atoms with E-state index in [2.05, 4.69) is 35.9 Å². The molecule has 0 bridgehead atoms. The summed E-state index contributed by atoms with van der Waals surface area (Å²) in [4.78, 5) is 41.7. The summed E-state index contributed by atoms with van der Waals surface area (Å²) in [6.07, 6.45) is 8.46. The van der Waals surface area contributed by atoms with Gasteiger partial charge in [0, 0.05) is 29.9 Å². The molecule has 2 atom stereocenters. The van der Waals surface area contributed by atoms with Crippen molar-refractivity contribution in [2.75, 3.05) is 18.5 Å². The van der Waals surface area contributed by atoms with E-state index in [1.54, 1.807) is 42.5 Å². The molecule has 4 heterocycles. The Hall–Kier alpha value is -4.65. The zero-order valence-corrected chi connectivity index (χ0v) is 26.5. The number of hydrogen-bond acceptors (Lipinski definition) is 11. The van der Waals surface area contributed by atoms with Crippen molar-refractivity contribution in [1.82, 2.24) is 35.3 Å². The molecule has 0 aromatic carbocycles. The van der Waals surface area contributed by atoms with Crippen LogP contribution in [0.1, 0.15) is 62.5 Å². The number of halogens is 2. The summed E-state index contributed by atoms with van der Waals surface area (Å²) in [7, 11) is 0. The summed E-state index contributed by atoms with van der Waals surface area (Å²) >= 11 is 1.30. The van der Waals surface area contributed by atoms with Crippen molar-refractivity contribution in [3.8, 4) is 22.0 Å². The van der Waals surface area contributed by atoms with Crippen LogP contribution >= 0.6 is 11.3 Å². The average molecular weight is 678 g/mol. The number of carboxylic acids is 1. The van der Waals surface area contributed by atoms with Crippen LogP contribution in [0.3, 0.4) is 0 Å². The van der Waals surface area contributed by atoms with Crippen molar-refractivity contribution in [1.29, 1.82) is 0 Å². The topological polar surface area (TPSA) is 234 Å². The van der Waals surface area contributed by atoms with Gasteiger partial charge in [0.25, 0.3) is 5.91 Å². The lowest BCUT2D eigenvalue weighted by Crippen LogP contribution is -2.51. The molecular weight excluding hydrogens is 640 g/mol. The van der Waals surface area contributed by atoms with Gasteiger partial charge in [0.1, 0.15) is 28.1 Å². The predicted molar refractivity (Wildman–Crippen MR) is 168 cm³/mol. The van der Waals surface area contributed by atoms with Crippen LogP contribution in [0.2, 0.25) is 0 Å². The van der Waals surface area contributed by atoms with E-state index in [0.29, 0.717) is 11.6 Å². The number of H-pyrrole nitrogens is 1. The molecule has 0 saturated heterocycles. The summed E-state index contributed by atoms with van der Waals surface area (Å²) < 4.78 is 30.0. The van der Waals surface area contributed by atoms with Gasteiger partial charge >= 0.3 is 5.97 Å². The minimum Gasteiger partial charge on any atom is -0.480 e. The maximum Gasteiger partial charge on any atom is 0.323 e. The zero-order valence-electron chi connectivity index (χ0n) is 25.7. The maximum atomic E-state index is 14.5. The van der Waals surface area contributed by atoms with Gasteiger partial charge in [0.2, 0.25) is 11.9 Å². The van der Waals surface area contributed by atoms with Crippen LogP contribution in [0.15, 0.2) is 36.1 Å². The number of aromatic nitrogens is 6. The lowest BCUT2D eigenvalue weighted by atomic mass is 9.96. The van der Waals surface area contributed by atoms with Gasteiger partial charge in [-0.05, 0) is 38.4 Å². The van der Waals surface area contributed by atoms with Gasteiger partial charge in [-0.3, -0.25) is 24.2 Å². The summed E-state index contributed by atoms with van der Waals surface area (Å²) in [5.41, 5.74) is 5.79. The number of primary amides is 1. The number of amides is 2. The molecule has 5 rings (SSSR count). The normalized spacial score (nSPS) is 14.2. The molecule has 0 aliphatic heterocycles. The molecule has 8 N–H and O–H groups in total. The summed E-state index contributed by atoms with van der Waals surface area (Å²) in [5, 5.41) is 43.6. The third-order valence-electron chi connectivity index (χ3n) is 6.74. The van der Waals surface area contributed by atoms with E-state index in [4.69, 9.17) is 21.1 Å². The first-order chi connectivity index (χ1) is 22.5. The van der Waals surface area contributed by atoms with Crippen LogP contribution in [0.5, 0.6) is 0 Å². The van der Waals surface area contributed by atoms with E-state index < -0.39 is 41.7 Å². The van der Waals surface area contributed by atoms with E-state index in [9.17, 15) is 23.2 Å². The molecule has 254 valence electrons. The van der Waals surface area contributed by atoms with Crippen LogP contribution in [0.25, 0.3) is 22.0 Å². The van der Waals surface area contributed by atoms with E-state index in [-0.39, 0.29) is 35.4 Å². The molecule has 15 nitrogen and oxygen atoms in total. The third-order valence-corrected chi connectivity index (χ3v) is 7.64. The number of pyridine rings is 1. The number of rotatable bonds is 10. The molecular formula is C29H37F2N9O6S. The Balaban J connectivity index is 0.000000338. The fourth-order valence-electron chi connectivity index (χ4n) is 4.56. The molecule has 2 unspecified atom stereocenters. The Kier molecular flexibility index (Phi) is 14.0. The van der Waals surface area contributed by atoms with Crippen molar-refractivity contribution in [3.05, 3.63) is 53.6 Å². The number of aliphatic carboxylic acids is 1.